The third kappa shape index (κ3) is 6.49. The molecule has 1 saturated heterocycles. The molecule has 0 unspecified atom stereocenters. The summed E-state index contributed by atoms with van der Waals surface area (Å²) >= 11 is 0. The van der Waals surface area contributed by atoms with Crippen molar-refractivity contribution in [3.05, 3.63) is 90.0 Å². The highest BCUT2D eigenvalue weighted by Crippen LogP contribution is 2.25. The summed E-state index contributed by atoms with van der Waals surface area (Å²) in [6.07, 6.45) is 1.71. The van der Waals surface area contributed by atoms with E-state index >= 15 is 0 Å². The maximum atomic E-state index is 13.0. The molecule has 4 rings (SSSR count). The van der Waals surface area contributed by atoms with Gasteiger partial charge < -0.3 is 24.4 Å². The molecule has 1 aliphatic rings. The van der Waals surface area contributed by atoms with Gasteiger partial charge in [0.05, 0.1) is 25.9 Å². The van der Waals surface area contributed by atoms with Crippen molar-refractivity contribution in [3.63, 3.8) is 0 Å². The van der Waals surface area contributed by atoms with Crippen LogP contribution in [0.25, 0.3) is 11.6 Å². The minimum atomic E-state index is -0.597. The second kappa shape index (κ2) is 11.9. The predicted molar refractivity (Wildman–Crippen MR) is 136 cm³/mol. The van der Waals surface area contributed by atoms with Crippen LogP contribution in [0, 0.1) is 0 Å². The van der Waals surface area contributed by atoms with Gasteiger partial charge in [0.15, 0.2) is 6.61 Å². The van der Waals surface area contributed by atoms with Gasteiger partial charge in [0.25, 0.3) is 5.91 Å². The first-order chi connectivity index (χ1) is 17.1. The lowest BCUT2D eigenvalue weighted by Gasteiger charge is -2.28. The zero-order valence-electron chi connectivity index (χ0n) is 19.6. The molecule has 3 aromatic carbocycles. The quantitative estimate of drug-likeness (QED) is 0.300. The highest BCUT2D eigenvalue weighted by Gasteiger charge is 2.17. The summed E-state index contributed by atoms with van der Waals surface area (Å²) in [6.45, 7) is 2.70. The lowest BCUT2D eigenvalue weighted by Crippen LogP contribution is -2.36. The maximum Gasteiger partial charge on any atom is 0.339 e. The third-order valence-electron chi connectivity index (χ3n) is 5.61. The number of para-hydroxylation sites is 1. The Kier molecular flexibility index (Phi) is 8.14. The van der Waals surface area contributed by atoms with E-state index in [-0.39, 0.29) is 0 Å². The van der Waals surface area contributed by atoms with E-state index in [4.69, 9.17) is 14.2 Å². The monoisotopic (exact) mass is 472 g/mol. The van der Waals surface area contributed by atoms with Gasteiger partial charge in [0.1, 0.15) is 5.75 Å². The first-order valence-electron chi connectivity index (χ1n) is 11.4. The summed E-state index contributed by atoms with van der Waals surface area (Å²) in [5.74, 6) is -0.380. The van der Waals surface area contributed by atoms with Crippen LogP contribution in [0.4, 0.5) is 11.4 Å². The largest absolute Gasteiger partial charge is 0.496 e. The van der Waals surface area contributed by atoms with Gasteiger partial charge in [-0.2, -0.15) is 0 Å². The zero-order chi connectivity index (χ0) is 24.5. The van der Waals surface area contributed by atoms with Gasteiger partial charge in [-0.05, 0) is 42.0 Å². The van der Waals surface area contributed by atoms with Crippen LogP contribution in [0.3, 0.4) is 0 Å². The summed E-state index contributed by atoms with van der Waals surface area (Å²) in [5, 5.41) is 2.78. The van der Waals surface area contributed by atoms with Crippen LogP contribution in [-0.4, -0.2) is 51.9 Å². The van der Waals surface area contributed by atoms with Crippen LogP contribution >= 0.6 is 0 Å². The molecule has 0 spiro atoms. The molecule has 0 saturated carbocycles. The Labute approximate surface area is 204 Å². The van der Waals surface area contributed by atoms with Crippen LogP contribution in [0.5, 0.6) is 5.75 Å². The number of amides is 1. The molecule has 0 atom stereocenters. The first kappa shape index (κ1) is 24.0. The van der Waals surface area contributed by atoms with Crippen LogP contribution < -0.4 is 15.0 Å². The molecule has 180 valence electrons. The maximum absolute atomic E-state index is 13.0. The fourth-order valence-corrected chi connectivity index (χ4v) is 3.80. The highest BCUT2D eigenvalue weighted by molar-refractivity contribution is 6.22. The van der Waals surface area contributed by atoms with Crippen molar-refractivity contribution in [2.45, 2.75) is 0 Å². The number of carbonyl (C=O) groups is 2. The average molecular weight is 473 g/mol. The number of morpholine rings is 1. The van der Waals surface area contributed by atoms with E-state index in [0.717, 1.165) is 24.3 Å². The molecule has 1 heterocycles. The number of ether oxygens (including phenoxy) is 3. The number of nitrogens with zero attached hydrogens (tertiary/aromatic N) is 1. The number of methoxy groups -OCH3 is 1. The van der Waals surface area contributed by atoms with E-state index in [1.807, 2.05) is 78.9 Å². The molecule has 3 aromatic rings. The Morgan fingerprint density at radius 3 is 2.34 bits per heavy atom. The fourth-order valence-electron chi connectivity index (χ4n) is 3.80. The van der Waals surface area contributed by atoms with Gasteiger partial charge in [0, 0.05) is 30.0 Å². The van der Waals surface area contributed by atoms with Crippen LogP contribution in [0.15, 0.2) is 78.9 Å². The standard InChI is InChI=1S/C28H28N2O5/c1-33-26-10-6-5-9-22(26)19-25(21-7-3-2-4-8-21)28(32)35-20-27(31)29-23-11-13-24(14-12-23)30-15-17-34-18-16-30/h2-14,19H,15-18,20H2,1H3,(H,29,31)/b25-19+. The van der Waals surface area contributed by atoms with Gasteiger partial charge in [-0.3, -0.25) is 4.79 Å². The molecule has 0 aromatic heterocycles. The summed E-state index contributed by atoms with van der Waals surface area (Å²) in [4.78, 5) is 27.7. The number of esters is 1. The second-order valence-corrected chi connectivity index (χ2v) is 7.94. The molecule has 1 amide bonds. The molecule has 7 nitrogen and oxygen atoms in total. The Balaban J connectivity index is 1.41. The zero-order valence-corrected chi connectivity index (χ0v) is 19.6. The van der Waals surface area contributed by atoms with E-state index in [2.05, 4.69) is 10.2 Å². The lowest BCUT2D eigenvalue weighted by molar-refractivity contribution is -0.141. The van der Waals surface area contributed by atoms with Gasteiger partial charge in [-0.25, -0.2) is 4.79 Å². The van der Waals surface area contributed by atoms with Crippen LogP contribution in [-0.2, 0) is 19.1 Å². The smallest absolute Gasteiger partial charge is 0.339 e. The molecule has 0 bridgehead atoms. The van der Waals surface area contributed by atoms with Gasteiger partial charge in [0.2, 0.25) is 0 Å². The molecule has 1 aliphatic heterocycles. The number of carbonyl (C=O) groups excluding carboxylic acids is 2. The molecule has 7 heteroatoms. The third-order valence-corrected chi connectivity index (χ3v) is 5.61. The van der Waals surface area contributed by atoms with Crippen molar-refractivity contribution in [1.29, 1.82) is 0 Å². The molecule has 35 heavy (non-hydrogen) atoms. The van der Waals surface area contributed by atoms with Crippen molar-refractivity contribution in [2.75, 3.05) is 50.2 Å². The van der Waals surface area contributed by atoms with E-state index in [9.17, 15) is 9.59 Å². The Morgan fingerprint density at radius 2 is 1.63 bits per heavy atom. The van der Waals surface area contributed by atoms with Gasteiger partial charge >= 0.3 is 5.97 Å². The van der Waals surface area contributed by atoms with E-state index < -0.39 is 18.5 Å². The van der Waals surface area contributed by atoms with Crippen LogP contribution in [0.2, 0.25) is 0 Å². The number of benzene rings is 3. The van der Waals surface area contributed by atoms with Gasteiger partial charge in [-0.1, -0.05) is 48.5 Å². The molecule has 1 N–H and O–H groups in total. The van der Waals surface area contributed by atoms with Crippen molar-refractivity contribution < 1.29 is 23.8 Å². The summed E-state index contributed by atoms with van der Waals surface area (Å²) in [7, 11) is 1.57. The Bertz CT molecular complexity index is 1170. The second-order valence-electron chi connectivity index (χ2n) is 7.94. The summed E-state index contributed by atoms with van der Waals surface area (Å²) in [6, 6.07) is 24.1. The van der Waals surface area contributed by atoms with Crippen LogP contribution in [0.1, 0.15) is 11.1 Å². The average Bonchev–Trinajstić information content (AvgIpc) is 2.92. The van der Waals surface area contributed by atoms with E-state index in [1.165, 1.54) is 0 Å². The topological polar surface area (TPSA) is 77.1 Å². The molecule has 1 fully saturated rings. The highest BCUT2D eigenvalue weighted by atomic mass is 16.5. The Hall–Kier alpha value is -4.10. The lowest BCUT2D eigenvalue weighted by atomic mass is 10.0. The minimum absolute atomic E-state index is 0.331. The number of rotatable bonds is 8. The van der Waals surface area contributed by atoms with Crippen molar-refractivity contribution in [2.24, 2.45) is 0 Å². The van der Waals surface area contributed by atoms with Crippen molar-refractivity contribution in [3.8, 4) is 5.75 Å². The molecule has 0 aliphatic carbocycles. The van der Waals surface area contributed by atoms with Gasteiger partial charge in [-0.15, -0.1) is 0 Å². The van der Waals surface area contributed by atoms with E-state index in [1.54, 1.807) is 13.2 Å². The van der Waals surface area contributed by atoms with Crippen molar-refractivity contribution in [1.82, 2.24) is 0 Å². The summed E-state index contributed by atoms with van der Waals surface area (Å²) in [5.41, 5.74) is 3.46. The molecule has 0 radical (unpaired) electrons. The molecular weight excluding hydrogens is 444 g/mol. The molecular formula is C28H28N2O5. The number of hydrogen-bond donors (Lipinski definition) is 1. The van der Waals surface area contributed by atoms with E-state index in [0.29, 0.717) is 35.8 Å². The predicted octanol–water partition coefficient (Wildman–Crippen LogP) is 4.25. The summed E-state index contributed by atoms with van der Waals surface area (Å²) < 4.78 is 16.2. The van der Waals surface area contributed by atoms with Crippen molar-refractivity contribution >= 4 is 34.9 Å². The Morgan fingerprint density at radius 1 is 0.943 bits per heavy atom. The first-order valence-corrected chi connectivity index (χ1v) is 11.4. The number of nitrogens with one attached hydrogen (secondary N) is 1. The number of anilines is 2. The fraction of sp³-hybridized carbons (Fsp3) is 0.214. The number of hydrogen-bond acceptors (Lipinski definition) is 6. The minimum Gasteiger partial charge on any atom is -0.496 e. The normalized spacial score (nSPS) is 13.7. The SMILES string of the molecule is COc1ccccc1/C=C(/C(=O)OCC(=O)Nc1ccc(N2CCOCC2)cc1)c1ccccc1.